The van der Waals surface area contributed by atoms with Crippen LogP contribution in [0.2, 0.25) is 0 Å². The molecule has 35 heavy (non-hydrogen) atoms. The Hall–Kier alpha value is -5.12. The summed E-state index contributed by atoms with van der Waals surface area (Å²) in [4.78, 5) is 2.49. The highest BCUT2D eigenvalue weighted by atomic mass is 16.3. The van der Waals surface area contributed by atoms with Gasteiger partial charge in [-0.2, -0.15) is 0 Å². The monoisotopic (exact) mass is 466 g/mol. The summed E-state index contributed by atoms with van der Waals surface area (Å²) in [5.74, 6) is -0.575. The zero-order chi connectivity index (χ0) is 24.1. The van der Waals surface area contributed by atoms with Crippen LogP contribution < -0.4 is 0 Å². The van der Waals surface area contributed by atoms with Crippen LogP contribution in [0.5, 0.6) is 23.0 Å². The molecule has 0 unspecified atom stereocenters. The van der Waals surface area contributed by atoms with Crippen molar-refractivity contribution in [2.24, 2.45) is 0 Å². The molecule has 2 heterocycles. The molecule has 0 radical (unpaired) electrons. The average molecular weight is 466 g/mol. The second-order valence-electron chi connectivity index (χ2n) is 8.08. The van der Waals surface area contributed by atoms with Gasteiger partial charge in [0.2, 0.25) is 0 Å². The van der Waals surface area contributed by atoms with Crippen LogP contribution in [0, 0.1) is 0 Å². The van der Waals surface area contributed by atoms with Crippen LogP contribution in [-0.2, 0) is 6.42 Å². The Kier molecular flexibility index (Phi) is 4.53. The van der Waals surface area contributed by atoms with E-state index in [9.17, 15) is 20.4 Å². The smallest absolute Gasteiger partial charge is 0.146 e. The molecule has 0 saturated carbocycles. The van der Waals surface area contributed by atoms with E-state index in [1.807, 2.05) is 24.3 Å². The quantitative estimate of drug-likeness (QED) is 0.289. The Morgan fingerprint density at radius 1 is 0.514 bits per heavy atom. The molecule has 0 aliphatic carbocycles. The molecular formula is C25H18N6O4. The van der Waals surface area contributed by atoms with Gasteiger partial charge in [0, 0.05) is 29.7 Å². The first-order valence-electron chi connectivity index (χ1n) is 10.7. The second kappa shape index (κ2) is 7.73. The number of aromatic hydroxyl groups is 4. The van der Waals surface area contributed by atoms with Crippen molar-refractivity contribution in [1.29, 1.82) is 0 Å². The lowest BCUT2D eigenvalue weighted by Crippen LogP contribution is -2.03. The molecular weight excluding hydrogens is 448 g/mol. The first-order valence-corrected chi connectivity index (χ1v) is 10.7. The topological polar surface area (TPSA) is 142 Å². The number of aromatic nitrogens is 6. The minimum absolute atomic E-state index is 0.0119. The van der Waals surface area contributed by atoms with E-state index >= 15 is 0 Å². The fourth-order valence-corrected chi connectivity index (χ4v) is 4.04. The summed E-state index contributed by atoms with van der Waals surface area (Å²) in [6.07, 6.45) is -0.0119. The Bertz CT molecular complexity index is 1550. The zero-order valence-electron chi connectivity index (χ0n) is 18.1. The maximum atomic E-state index is 11.0. The number of rotatable bonds is 4. The lowest BCUT2D eigenvalue weighted by atomic mass is 10.0. The standard InChI is InChI=1S/C25H18N6O4/c32-16-10-14(24(34)22(12-16)30-26-18-5-1-2-6-19(18)27-30)9-15-11-17(33)13-23(25(15)35)31-28-20-7-3-4-8-21(20)29-31/h1-8,10-13,32-35H,9H2. The molecule has 0 bridgehead atoms. The summed E-state index contributed by atoms with van der Waals surface area (Å²) >= 11 is 0. The predicted octanol–water partition coefficient (Wildman–Crippen LogP) is 3.57. The summed E-state index contributed by atoms with van der Waals surface area (Å²) in [6.45, 7) is 0. The largest absolute Gasteiger partial charge is 0.508 e. The van der Waals surface area contributed by atoms with E-state index in [0.717, 1.165) is 0 Å². The number of hydrogen-bond donors (Lipinski definition) is 4. The van der Waals surface area contributed by atoms with Crippen molar-refractivity contribution in [3.05, 3.63) is 83.9 Å². The minimum atomic E-state index is -0.171. The third kappa shape index (κ3) is 3.53. The maximum absolute atomic E-state index is 11.0. The third-order valence-corrected chi connectivity index (χ3v) is 5.69. The Labute approximate surface area is 197 Å². The maximum Gasteiger partial charge on any atom is 0.146 e. The van der Waals surface area contributed by atoms with E-state index in [4.69, 9.17) is 0 Å². The number of benzene rings is 4. The van der Waals surface area contributed by atoms with E-state index in [2.05, 4.69) is 20.4 Å². The van der Waals surface area contributed by atoms with E-state index < -0.39 is 0 Å². The van der Waals surface area contributed by atoms with Gasteiger partial charge in [-0.05, 0) is 36.4 Å². The molecule has 10 nitrogen and oxygen atoms in total. The lowest BCUT2D eigenvalue weighted by molar-refractivity contribution is 0.442. The molecule has 0 aliphatic rings. The van der Waals surface area contributed by atoms with Crippen molar-refractivity contribution in [2.45, 2.75) is 6.42 Å². The molecule has 0 aliphatic heterocycles. The van der Waals surface area contributed by atoms with Gasteiger partial charge in [-0.25, -0.2) is 0 Å². The molecule has 0 amide bonds. The molecule has 4 N–H and O–H groups in total. The van der Waals surface area contributed by atoms with Crippen molar-refractivity contribution in [3.63, 3.8) is 0 Å². The SMILES string of the molecule is Oc1cc(Cc2cc(O)cc(-n3nc4ccccc4n3)c2O)c(O)c(-n2nc3ccccc3n2)c1. The molecule has 4 aromatic carbocycles. The van der Waals surface area contributed by atoms with Gasteiger partial charge in [-0.1, -0.05) is 24.3 Å². The fourth-order valence-electron chi connectivity index (χ4n) is 4.04. The van der Waals surface area contributed by atoms with Crippen LogP contribution in [0.15, 0.2) is 72.8 Å². The molecule has 0 fully saturated rings. The van der Waals surface area contributed by atoms with Crippen LogP contribution in [0.25, 0.3) is 33.4 Å². The first kappa shape index (κ1) is 20.5. The van der Waals surface area contributed by atoms with Gasteiger partial charge in [0.1, 0.15) is 56.4 Å². The van der Waals surface area contributed by atoms with Crippen LogP contribution in [0.3, 0.4) is 0 Å². The second-order valence-corrected chi connectivity index (χ2v) is 8.08. The highest BCUT2D eigenvalue weighted by molar-refractivity contribution is 5.75. The van der Waals surface area contributed by atoms with Crippen LogP contribution in [-0.4, -0.2) is 50.4 Å². The van der Waals surface area contributed by atoms with Crippen molar-refractivity contribution in [2.75, 3.05) is 0 Å². The van der Waals surface area contributed by atoms with Crippen molar-refractivity contribution in [3.8, 4) is 34.4 Å². The molecule has 172 valence electrons. The summed E-state index contributed by atoms with van der Waals surface area (Å²) in [6, 6.07) is 19.9. The Balaban J connectivity index is 1.43. The normalized spacial score (nSPS) is 11.4. The number of nitrogens with zero attached hydrogens (tertiary/aromatic N) is 6. The molecule has 0 atom stereocenters. The van der Waals surface area contributed by atoms with Crippen molar-refractivity contribution >= 4 is 22.1 Å². The Morgan fingerprint density at radius 3 is 1.20 bits per heavy atom. The highest BCUT2D eigenvalue weighted by Gasteiger charge is 2.19. The van der Waals surface area contributed by atoms with Gasteiger partial charge in [0.15, 0.2) is 0 Å². The number of fused-ring (bicyclic) bond motifs is 2. The van der Waals surface area contributed by atoms with E-state index in [1.165, 1.54) is 33.9 Å². The van der Waals surface area contributed by atoms with Gasteiger partial charge < -0.3 is 20.4 Å². The third-order valence-electron chi connectivity index (χ3n) is 5.69. The summed E-state index contributed by atoms with van der Waals surface area (Å²) in [7, 11) is 0. The van der Waals surface area contributed by atoms with Crippen molar-refractivity contribution < 1.29 is 20.4 Å². The number of phenolic OH excluding ortho intramolecular Hbond substituents is 4. The highest BCUT2D eigenvalue weighted by Crippen LogP contribution is 2.37. The molecule has 6 aromatic rings. The van der Waals surface area contributed by atoms with E-state index in [0.29, 0.717) is 33.2 Å². The lowest BCUT2D eigenvalue weighted by Gasteiger charge is -2.13. The summed E-state index contributed by atoms with van der Waals surface area (Å²) in [5.41, 5.74) is 3.47. The molecule has 2 aromatic heterocycles. The molecule has 6 rings (SSSR count). The molecule has 0 spiro atoms. The van der Waals surface area contributed by atoms with Gasteiger partial charge in [0.25, 0.3) is 0 Å². The van der Waals surface area contributed by atoms with Crippen molar-refractivity contribution in [1.82, 2.24) is 30.0 Å². The molecule has 10 heteroatoms. The zero-order valence-corrected chi connectivity index (χ0v) is 18.1. The first-order chi connectivity index (χ1) is 17.0. The average Bonchev–Trinajstić information content (AvgIpc) is 3.47. The van der Waals surface area contributed by atoms with Gasteiger partial charge in [0.05, 0.1) is 0 Å². The van der Waals surface area contributed by atoms with Crippen LogP contribution in [0.4, 0.5) is 0 Å². The van der Waals surface area contributed by atoms with Gasteiger partial charge in [-0.15, -0.1) is 30.0 Å². The summed E-state index contributed by atoms with van der Waals surface area (Å²) in [5, 5.41) is 60.2. The minimum Gasteiger partial charge on any atom is -0.508 e. The number of phenols is 4. The molecule has 0 saturated heterocycles. The summed E-state index contributed by atoms with van der Waals surface area (Å²) < 4.78 is 0. The van der Waals surface area contributed by atoms with E-state index in [1.54, 1.807) is 24.3 Å². The number of hydrogen-bond acceptors (Lipinski definition) is 8. The van der Waals surface area contributed by atoms with Gasteiger partial charge >= 0.3 is 0 Å². The predicted molar refractivity (Wildman–Crippen MR) is 127 cm³/mol. The Morgan fingerprint density at radius 2 is 0.857 bits per heavy atom. The fraction of sp³-hybridized carbons (Fsp3) is 0.0400. The van der Waals surface area contributed by atoms with Gasteiger partial charge in [-0.3, -0.25) is 0 Å². The van der Waals surface area contributed by atoms with E-state index in [-0.39, 0.29) is 40.8 Å². The van der Waals surface area contributed by atoms with Crippen LogP contribution >= 0.6 is 0 Å². The van der Waals surface area contributed by atoms with Crippen LogP contribution in [0.1, 0.15) is 11.1 Å².